The Morgan fingerprint density at radius 3 is 2.50 bits per heavy atom. The average molecular weight is 311 g/mol. The Morgan fingerprint density at radius 1 is 1.20 bits per heavy atom. The van der Waals surface area contributed by atoms with Crippen LogP contribution in [0.1, 0.15) is 22.9 Å². The van der Waals surface area contributed by atoms with Crippen molar-refractivity contribution in [3.8, 4) is 0 Å². The van der Waals surface area contributed by atoms with Gasteiger partial charge < -0.3 is 5.11 Å². The van der Waals surface area contributed by atoms with E-state index in [0.717, 1.165) is 11.3 Å². The zero-order chi connectivity index (χ0) is 14.6. The standard InChI is InChI=1S/C14H17NO3S2/c1-2-12-7-8-19-14(12)9-15-20(17,18)13-5-3-11(10-16)4-6-13/h3-8,15-16H,2,9-10H2,1H3. The molecule has 0 amide bonds. The van der Waals surface area contributed by atoms with Gasteiger partial charge in [-0.1, -0.05) is 19.1 Å². The van der Waals surface area contributed by atoms with Gasteiger partial charge in [-0.3, -0.25) is 0 Å². The van der Waals surface area contributed by atoms with Gasteiger partial charge in [-0.25, -0.2) is 13.1 Å². The van der Waals surface area contributed by atoms with E-state index in [0.29, 0.717) is 12.1 Å². The summed E-state index contributed by atoms with van der Waals surface area (Å²) in [6.07, 6.45) is 0.895. The van der Waals surface area contributed by atoms with E-state index in [-0.39, 0.29) is 11.5 Å². The van der Waals surface area contributed by atoms with E-state index < -0.39 is 10.0 Å². The zero-order valence-corrected chi connectivity index (χ0v) is 12.8. The van der Waals surface area contributed by atoms with Gasteiger partial charge in [-0.15, -0.1) is 11.3 Å². The number of benzene rings is 1. The third-order valence-electron chi connectivity index (χ3n) is 3.06. The molecular weight excluding hydrogens is 294 g/mol. The Balaban J connectivity index is 2.10. The first-order valence-corrected chi connectivity index (χ1v) is 8.68. The number of sulfonamides is 1. The van der Waals surface area contributed by atoms with Crippen molar-refractivity contribution in [1.29, 1.82) is 0 Å². The Kier molecular flexibility index (Phi) is 4.93. The van der Waals surface area contributed by atoms with Crippen LogP contribution in [-0.4, -0.2) is 13.5 Å². The molecule has 0 unspecified atom stereocenters. The van der Waals surface area contributed by atoms with Gasteiger partial charge in [0.05, 0.1) is 11.5 Å². The van der Waals surface area contributed by atoms with Crippen LogP contribution in [-0.2, 0) is 29.6 Å². The molecule has 1 heterocycles. The topological polar surface area (TPSA) is 66.4 Å². The first-order chi connectivity index (χ1) is 9.56. The molecule has 6 heteroatoms. The molecule has 2 N–H and O–H groups in total. The predicted octanol–water partition coefficient (Wildman–Crippen LogP) is 2.28. The summed E-state index contributed by atoms with van der Waals surface area (Å²) in [5, 5.41) is 10.9. The molecule has 0 radical (unpaired) electrons. The average Bonchev–Trinajstić information content (AvgIpc) is 2.93. The van der Waals surface area contributed by atoms with Crippen LogP contribution in [0.5, 0.6) is 0 Å². The molecule has 2 rings (SSSR count). The van der Waals surface area contributed by atoms with Gasteiger partial charge in [-0.2, -0.15) is 0 Å². The van der Waals surface area contributed by atoms with Gasteiger partial charge in [0.15, 0.2) is 0 Å². The fourth-order valence-corrected chi connectivity index (χ4v) is 3.86. The lowest BCUT2D eigenvalue weighted by atomic mass is 10.2. The minimum absolute atomic E-state index is 0.0944. The smallest absolute Gasteiger partial charge is 0.240 e. The molecule has 2 aromatic rings. The maximum Gasteiger partial charge on any atom is 0.240 e. The monoisotopic (exact) mass is 311 g/mol. The van der Waals surface area contributed by atoms with Gasteiger partial charge in [0, 0.05) is 11.4 Å². The summed E-state index contributed by atoms with van der Waals surface area (Å²) in [6.45, 7) is 2.27. The molecule has 0 aliphatic carbocycles. The Hall–Kier alpha value is -1.21. The summed E-state index contributed by atoms with van der Waals surface area (Å²) in [5.41, 5.74) is 1.86. The van der Waals surface area contributed by atoms with Crippen LogP contribution < -0.4 is 4.72 Å². The second-order valence-electron chi connectivity index (χ2n) is 4.35. The van der Waals surface area contributed by atoms with Gasteiger partial charge >= 0.3 is 0 Å². The maximum absolute atomic E-state index is 12.2. The molecule has 0 saturated carbocycles. The summed E-state index contributed by atoms with van der Waals surface area (Å²) >= 11 is 1.56. The molecule has 0 fully saturated rings. The molecule has 0 aliphatic rings. The summed E-state index contributed by atoms with van der Waals surface area (Å²) in [7, 11) is -3.51. The second-order valence-corrected chi connectivity index (χ2v) is 7.12. The highest BCUT2D eigenvalue weighted by Gasteiger charge is 2.14. The maximum atomic E-state index is 12.2. The highest BCUT2D eigenvalue weighted by atomic mass is 32.2. The number of aliphatic hydroxyl groups is 1. The van der Waals surface area contributed by atoms with Crippen molar-refractivity contribution >= 4 is 21.4 Å². The highest BCUT2D eigenvalue weighted by Crippen LogP contribution is 2.18. The van der Waals surface area contributed by atoms with E-state index in [2.05, 4.69) is 4.72 Å². The van der Waals surface area contributed by atoms with Gasteiger partial charge in [0.2, 0.25) is 10.0 Å². The normalized spacial score (nSPS) is 11.7. The summed E-state index contributed by atoms with van der Waals surface area (Å²) < 4.78 is 26.9. The van der Waals surface area contributed by atoms with E-state index in [1.807, 2.05) is 18.4 Å². The second kappa shape index (κ2) is 6.49. The molecule has 0 aliphatic heterocycles. The number of rotatable bonds is 6. The molecule has 0 spiro atoms. The molecule has 0 atom stereocenters. The minimum Gasteiger partial charge on any atom is -0.392 e. The lowest BCUT2D eigenvalue weighted by molar-refractivity contribution is 0.282. The summed E-state index contributed by atoms with van der Waals surface area (Å²) in [6, 6.07) is 8.24. The van der Waals surface area contributed by atoms with E-state index in [4.69, 9.17) is 5.11 Å². The van der Waals surface area contributed by atoms with Crippen LogP contribution >= 0.6 is 11.3 Å². The van der Waals surface area contributed by atoms with Crippen LogP contribution in [0.3, 0.4) is 0 Å². The molecule has 108 valence electrons. The van der Waals surface area contributed by atoms with Crippen LogP contribution in [0, 0.1) is 0 Å². The number of aliphatic hydroxyl groups excluding tert-OH is 1. The van der Waals surface area contributed by atoms with Crippen molar-refractivity contribution in [2.75, 3.05) is 0 Å². The Labute approximate surface area is 123 Å². The first-order valence-electron chi connectivity index (χ1n) is 6.31. The number of hydrogen-bond acceptors (Lipinski definition) is 4. The van der Waals surface area contributed by atoms with Crippen molar-refractivity contribution in [2.45, 2.75) is 31.4 Å². The fourth-order valence-electron chi connectivity index (χ4n) is 1.86. The molecule has 0 bridgehead atoms. The van der Waals surface area contributed by atoms with Crippen molar-refractivity contribution in [3.05, 3.63) is 51.7 Å². The third kappa shape index (κ3) is 3.46. The molecule has 4 nitrogen and oxygen atoms in total. The number of aryl methyl sites for hydroxylation is 1. The van der Waals surface area contributed by atoms with Crippen LogP contribution in [0.15, 0.2) is 40.6 Å². The molecule has 0 saturated heterocycles. The minimum atomic E-state index is -3.51. The summed E-state index contributed by atoms with van der Waals surface area (Å²) in [5.74, 6) is 0. The van der Waals surface area contributed by atoms with Crippen molar-refractivity contribution in [3.63, 3.8) is 0 Å². The summed E-state index contributed by atoms with van der Waals surface area (Å²) in [4.78, 5) is 1.26. The molecule has 1 aromatic heterocycles. The van der Waals surface area contributed by atoms with Gasteiger partial charge in [0.1, 0.15) is 0 Å². The lowest BCUT2D eigenvalue weighted by Gasteiger charge is -2.07. The predicted molar refractivity (Wildman–Crippen MR) is 80.1 cm³/mol. The highest BCUT2D eigenvalue weighted by molar-refractivity contribution is 7.89. The number of nitrogens with one attached hydrogen (secondary N) is 1. The van der Waals surface area contributed by atoms with Crippen molar-refractivity contribution in [2.24, 2.45) is 0 Å². The SMILES string of the molecule is CCc1ccsc1CNS(=O)(=O)c1ccc(CO)cc1. The van der Waals surface area contributed by atoms with E-state index in [1.165, 1.54) is 17.7 Å². The quantitative estimate of drug-likeness (QED) is 0.860. The van der Waals surface area contributed by atoms with E-state index >= 15 is 0 Å². The molecular formula is C14H17NO3S2. The molecule has 1 aromatic carbocycles. The number of hydrogen-bond donors (Lipinski definition) is 2. The first kappa shape index (κ1) is 15.2. The zero-order valence-electron chi connectivity index (χ0n) is 11.2. The Bertz CT molecular complexity index is 660. The van der Waals surface area contributed by atoms with Crippen LogP contribution in [0.2, 0.25) is 0 Å². The molecule has 20 heavy (non-hydrogen) atoms. The van der Waals surface area contributed by atoms with E-state index in [9.17, 15) is 8.42 Å². The van der Waals surface area contributed by atoms with Gasteiger partial charge in [0.25, 0.3) is 0 Å². The lowest BCUT2D eigenvalue weighted by Crippen LogP contribution is -2.23. The largest absolute Gasteiger partial charge is 0.392 e. The Morgan fingerprint density at radius 2 is 1.90 bits per heavy atom. The fraction of sp³-hybridized carbons (Fsp3) is 0.286. The number of thiophene rings is 1. The van der Waals surface area contributed by atoms with Crippen LogP contribution in [0.25, 0.3) is 0 Å². The van der Waals surface area contributed by atoms with Crippen LogP contribution in [0.4, 0.5) is 0 Å². The van der Waals surface area contributed by atoms with Crippen molar-refractivity contribution < 1.29 is 13.5 Å². The van der Waals surface area contributed by atoms with Gasteiger partial charge in [-0.05, 0) is 41.1 Å². The van der Waals surface area contributed by atoms with Crippen molar-refractivity contribution in [1.82, 2.24) is 4.72 Å². The van der Waals surface area contributed by atoms with E-state index in [1.54, 1.807) is 23.5 Å². The third-order valence-corrected chi connectivity index (χ3v) is 5.44.